The van der Waals surface area contributed by atoms with E-state index in [0.717, 1.165) is 55.3 Å². The van der Waals surface area contributed by atoms with Crippen molar-refractivity contribution in [2.24, 2.45) is 52.3 Å². The van der Waals surface area contributed by atoms with E-state index in [1.54, 1.807) is 0 Å². The first kappa shape index (κ1) is 57.3. The third kappa shape index (κ3) is 11.0. The smallest absolute Gasteiger partial charge is 0.187 e. The molecule has 4 saturated carbocycles. The molecule has 8 fully saturated rings. The lowest BCUT2D eigenvalue weighted by atomic mass is 9.44. The fraction of sp³-hybridized carbons (Fsp3) is 1.00. The summed E-state index contributed by atoms with van der Waals surface area (Å²) in [5, 5.41) is 139. The van der Waals surface area contributed by atoms with Crippen molar-refractivity contribution in [3.63, 3.8) is 0 Å². The molecule has 4 saturated heterocycles. The van der Waals surface area contributed by atoms with Crippen LogP contribution in [0.2, 0.25) is 0 Å². The third-order valence-electron chi connectivity index (χ3n) is 19.3. The van der Waals surface area contributed by atoms with Gasteiger partial charge in [-0.05, 0) is 110 Å². The van der Waals surface area contributed by atoms with E-state index in [4.69, 9.17) is 37.9 Å². The van der Waals surface area contributed by atoms with Gasteiger partial charge < -0.3 is 104 Å². The Bertz CT molecular complexity index is 1710. The minimum Gasteiger partial charge on any atom is -0.394 e. The predicted octanol–water partition coefficient (Wildman–Crippen LogP) is -1.23. The first-order valence-electron chi connectivity index (χ1n) is 27.0. The van der Waals surface area contributed by atoms with Crippen LogP contribution in [0.15, 0.2) is 0 Å². The summed E-state index contributed by atoms with van der Waals surface area (Å²) in [4.78, 5) is 0. The summed E-state index contributed by atoms with van der Waals surface area (Å²) in [6.07, 6.45) is -20.4. The molecule has 0 radical (unpaired) electrons. The topological polar surface area (TPSA) is 337 Å². The average Bonchev–Trinajstić information content (AvgIpc) is 3.72. The molecule has 29 atom stereocenters. The lowest BCUT2D eigenvalue weighted by Crippen LogP contribution is -2.67. The highest BCUT2D eigenvalue weighted by atomic mass is 16.8. The molecule has 8 aliphatic rings. The van der Waals surface area contributed by atoms with E-state index in [1.165, 1.54) is 51.4 Å². The van der Waals surface area contributed by atoms with Crippen LogP contribution in [0.1, 0.15) is 112 Å². The van der Waals surface area contributed by atoms with Gasteiger partial charge in [0, 0.05) is 0 Å². The van der Waals surface area contributed by atoms with Gasteiger partial charge >= 0.3 is 0 Å². The zero-order chi connectivity index (χ0) is 52.1. The summed E-state index contributed by atoms with van der Waals surface area (Å²) in [5.74, 6) is 4.88. The van der Waals surface area contributed by atoms with Crippen LogP contribution in [0.3, 0.4) is 0 Å². The summed E-state index contributed by atoms with van der Waals surface area (Å²) in [6.45, 7) is 9.02. The Hall–Kier alpha value is -0.840. The minimum absolute atomic E-state index is 0.176. The van der Waals surface area contributed by atoms with Crippen LogP contribution in [0.5, 0.6) is 0 Å². The Morgan fingerprint density at radius 2 is 0.903 bits per heavy atom. The SMILES string of the molecule is CC(C)CCCC(C)C1CCC2C3CCC4CC(OC5OC(CO)C(OC6OC(CO)C(OC7OC(CO)C(OC8OC(CO)C(O)C(O)C8O)C(O)C7O)C(O)C6O)C(O)C5O)CCC4(C)C3CCC12C. The number of hydrogen-bond donors (Lipinski definition) is 13. The number of fused-ring (bicyclic) bond motifs is 5. The fourth-order valence-corrected chi connectivity index (χ4v) is 15.2. The van der Waals surface area contributed by atoms with Gasteiger partial charge in [0.15, 0.2) is 25.2 Å². The van der Waals surface area contributed by atoms with Gasteiger partial charge in [-0.25, -0.2) is 0 Å². The van der Waals surface area contributed by atoms with Crippen molar-refractivity contribution in [2.75, 3.05) is 26.4 Å². The predicted molar refractivity (Wildman–Crippen MR) is 250 cm³/mol. The molecule has 8 rings (SSSR count). The second-order valence-electron chi connectivity index (χ2n) is 23.8. The van der Waals surface area contributed by atoms with E-state index in [-0.39, 0.29) is 11.5 Å². The highest BCUT2D eigenvalue weighted by Crippen LogP contribution is 2.68. The third-order valence-corrected chi connectivity index (χ3v) is 19.3. The molecular formula is C51H88O21. The van der Waals surface area contributed by atoms with Gasteiger partial charge in [0.05, 0.1) is 32.5 Å². The number of aliphatic hydroxyl groups is 13. The molecule has 0 aromatic rings. The molecule has 13 N–H and O–H groups in total. The van der Waals surface area contributed by atoms with Gasteiger partial charge in [-0.1, -0.05) is 53.9 Å². The van der Waals surface area contributed by atoms with Crippen LogP contribution in [0, 0.1) is 52.3 Å². The Kier molecular flexibility index (Phi) is 18.8. The minimum atomic E-state index is -2.02. The van der Waals surface area contributed by atoms with E-state index in [1.807, 2.05) is 0 Å². The molecule has 21 nitrogen and oxygen atoms in total. The molecule has 21 heteroatoms. The maximum Gasteiger partial charge on any atom is 0.187 e. The van der Waals surface area contributed by atoms with Crippen LogP contribution < -0.4 is 0 Å². The van der Waals surface area contributed by atoms with Crippen LogP contribution in [-0.2, 0) is 37.9 Å². The van der Waals surface area contributed by atoms with Crippen molar-refractivity contribution in [2.45, 2.75) is 241 Å². The summed E-state index contributed by atoms with van der Waals surface area (Å²) in [5.41, 5.74) is 0.581. The highest BCUT2D eigenvalue weighted by molar-refractivity contribution is 5.10. The lowest BCUT2D eigenvalue weighted by Gasteiger charge is -2.61. The quantitative estimate of drug-likeness (QED) is 0.0759. The van der Waals surface area contributed by atoms with Crippen LogP contribution in [-0.4, -0.2) is 222 Å². The van der Waals surface area contributed by atoms with Gasteiger partial charge in [0.25, 0.3) is 0 Å². The van der Waals surface area contributed by atoms with Crippen molar-refractivity contribution in [1.82, 2.24) is 0 Å². The first-order chi connectivity index (χ1) is 34.2. The van der Waals surface area contributed by atoms with Crippen LogP contribution in [0.25, 0.3) is 0 Å². The summed E-state index contributed by atoms with van der Waals surface area (Å²) in [7, 11) is 0. The molecule has 418 valence electrons. The van der Waals surface area contributed by atoms with Crippen molar-refractivity contribution >= 4 is 0 Å². The van der Waals surface area contributed by atoms with E-state index in [0.29, 0.717) is 17.3 Å². The van der Waals surface area contributed by atoms with Gasteiger partial charge in [-0.15, -0.1) is 0 Å². The maximum atomic E-state index is 11.5. The van der Waals surface area contributed by atoms with Gasteiger partial charge in [0.2, 0.25) is 0 Å². The molecule has 4 aliphatic heterocycles. The maximum absolute atomic E-state index is 11.5. The molecule has 4 aliphatic carbocycles. The first-order valence-corrected chi connectivity index (χ1v) is 27.0. The lowest BCUT2D eigenvalue weighted by molar-refractivity contribution is -0.389. The summed E-state index contributed by atoms with van der Waals surface area (Å²) < 4.78 is 46.6. The van der Waals surface area contributed by atoms with Crippen molar-refractivity contribution < 1.29 is 104 Å². The van der Waals surface area contributed by atoms with Crippen molar-refractivity contribution in [3.05, 3.63) is 0 Å². The summed E-state index contributed by atoms with van der Waals surface area (Å²) in [6, 6.07) is 0. The highest BCUT2D eigenvalue weighted by Gasteiger charge is 2.62. The monoisotopic (exact) mass is 1040 g/mol. The number of aliphatic hydroxyl groups excluding tert-OH is 13. The van der Waals surface area contributed by atoms with Crippen LogP contribution >= 0.6 is 0 Å². The Morgan fingerprint density at radius 3 is 1.39 bits per heavy atom. The summed E-state index contributed by atoms with van der Waals surface area (Å²) >= 11 is 0. The molecule has 0 aromatic heterocycles. The Morgan fingerprint density at radius 1 is 0.458 bits per heavy atom. The largest absolute Gasteiger partial charge is 0.394 e. The standard InChI is InChI=1S/C51H88O21/c1-22(2)7-6-8-23(3)27-11-12-28-26-10-9-24-17-25(13-15-50(24,4)29(26)14-16-51(27,28)5)65-46-40(62)36(58)43(31(19-53)67-46)71-48-42(64)38(60)45(33(21-55)69-48)72-49-41(63)37(59)44(32(20-54)68-49)70-47-39(61)35(57)34(56)30(18-52)66-47/h22-49,52-64H,6-21H2,1-5H3. The van der Waals surface area contributed by atoms with E-state index in [2.05, 4.69) is 34.6 Å². The average molecular weight is 1040 g/mol. The number of ether oxygens (including phenoxy) is 8. The van der Waals surface area contributed by atoms with Gasteiger partial charge in [0.1, 0.15) is 97.7 Å². The van der Waals surface area contributed by atoms with Crippen molar-refractivity contribution in [3.8, 4) is 0 Å². The molecule has 0 aromatic carbocycles. The molecule has 72 heavy (non-hydrogen) atoms. The zero-order valence-corrected chi connectivity index (χ0v) is 42.6. The van der Waals surface area contributed by atoms with Crippen molar-refractivity contribution in [1.29, 1.82) is 0 Å². The zero-order valence-electron chi connectivity index (χ0n) is 42.6. The molecule has 0 spiro atoms. The second kappa shape index (κ2) is 23.6. The normalized spacial score (nSPS) is 52.4. The Labute approximate surface area is 422 Å². The molecular weight excluding hydrogens is 949 g/mol. The number of rotatable bonds is 17. The van der Waals surface area contributed by atoms with Gasteiger partial charge in [-0.3, -0.25) is 0 Å². The van der Waals surface area contributed by atoms with Gasteiger partial charge in [-0.2, -0.15) is 0 Å². The Balaban J connectivity index is 0.843. The fourth-order valence-electron chi connectivity index (χ4n) is 15.2. The molecule has 29 unspecified atom stereocenters. The van der Waals surface area contributed by atoms with E-state index in [9.17, 15) is 66.4 Å². The molecule has 4 heterocycles. The number of hydrogen-bond acceptors (Lipinski definition) is 21. The van der Waals surface area contributed by atoms with E-state index >= 15 is 0 Å². The molecule has 0 amide bonds. The second-order valence-corrected chi connectivity index (χ2v) is 23.8. The van der Waals surface area contributed by atoms with Crippen LogP contribution in [0.4, 0.5) is 0 Å². The van der Waals surface area contributed by atoms with E-state index < -0.39 is 149 Å². The molecule has 0 bridgehead atoms.